The van der Waals surface area contributed by atoms with E-state index in [1.165, 1.54) is 0 Å². The molecule has 2 N–H and O–H groups in total. The van der Waals surface area contributed by atoms with Gasteiger partial charge in [0.05, 0.1) is 6.54 Å². The third-order valence-corrected chi connectivity index (χ3v) is 2.70. The molecular weight excluding hydrogens is 228 g/mol. The molecule has 0 saturated carbocycles. The molecule has 0 saturated heterocycles. The fraction of sp³-hybridized carbons (Fsp3) is 0.500. The Kier molecular flexibility index (Phi) is 3.55. The van der Waals surface area contributed by atoms with Gasteiger partial charge in [-0.2, -0.15) is 0 Å². The molecule has 0 bridgehead atoms. The third kappa shape index (κ3) is 2.82. The minimum Gasteiger partial charge on any atom is -0.364 e. The van der Waals surface area contributed by atoms with Crippen molar-refractivity contribution in [1.82, 2.24) is 20.1 Å². The van der Waals surface area contributed by atoms with Crippen molar-refractivity contribution in [3.63, 3.8) is 0 Å². The molecule has 1 atom stereocenters. The van der Waals surface area contributed by atoms with Crippen LogP contribution in [0.15, 0.2) is 28.3 Å². The monoisotopic (exact) mass is 248 g/mol. The highest BCUT2D eigenvalue weighted by atomic mass is 15.4. The lowest BCUT2D eigenvalue weighted by atomic mass is 10.4. The Labute approximate surface area is 107 Å². The summed E-state index contributed by atoms with van der Waals surface area (Å²) in [4.78, 5) is 16.1. The summed E-state index contributed by atoms with van der Waals surface area (Å²) in [7, 11) is 5.94. The first kappa shape index (κ1) is 12.5. The molecule has 0 aliphatic carbocycles. The average molecular weight is 248 g/mol. The van der Waals surface area contributed by atoms with Gasteiger partial charge in [0.2, 0.25) is 11.9 Å². The highest BCUT2D eigenvalue weighted by Gasteiger charge is 2.17. The van der Waals surface area contributed by atoms with Crippen LogP contribution in [0.5, 0.6) is 0 Å². The van der Waals surface area contributed by atoms with Gasteiger partial charge in [-0.05, 0) is 19.1 Å². The van der Waals surface area contributed by atoms with Crippen molar-refractivity contribution in [1.29, 1.82) is 0 Å². The standard InChI is InChI=1S/C12H20N6/c1-9-14-11(17(2)3)16-12(15-9)18(4)8-10-6-5-7-13-10/h5-7,9,13H,8H2,1-4H3,(H,14,15,16). The van der Waals surface area contributed by atoms with Crippen LogP contribution in [0.3, 0.4) is 0 Å². The number of nitrogens with zero attached hydrogens (tertiary/aromatic N) is 4. The Morgan fingerprint density at radius 3 is 2.56 bits per heavy atom. The summed E-state index contributed by atoms with van der Waals surface area (Å²) in [6.45, 7) is 2.76. The van der Waals surface area contributed by atoms with Gasteiger partial charge in [-0.25, -0.2) is 9.98 Å². The zero-order valence-corrected chi connectivity index (χ0v) is 11.3. The predicted octanol–water partition coefficient (Wildman–Crippen LogP) is 0.669. The van der Waals surface area contributed by atoms with Crippen LogP contribution in [0.25, 0.3) is 0 Å². The Balaban J connectivity index is 2.04. The number of nitrogens with one attached hydrogen (secondary N) is 2. The number of aliphatic imine (C=N–C) groups is 2. The minimum absolute atomic E-state index is 0.0512. The van der Waals surface area contributed by atoms with Crippen molar-refractivity contribution in [3.05, 3.63) is 24.0 Å². The second-order valence-corrected chi connectivity index (χ2v) is 4.61. The molecule has 6 heteroatoms. The maximum Gasteiger partial charge on any atom is 0.203 e. The summed E-state index contributed by atoms with van der Waals surface area (Å²) in [5.74, 6) is 1.68. The van der Waals surface area contributed by atoms with E-state index < -0.39 is 0 Å². The summed E-state index contributed by atoms with van der Waals surface area (Å²) in [6, 6.07) is 4.05. The van der Waals surface area contributed by atoms with Crippen LogP contribution in [0.1, 0.15) is 12.6 Å². The van der Waals surface area contributed by atoms with Gasteiger partial charge < -0.3 is 14.8 Å². The lowest BCUT2D eigenvalue weighted by molar-refractivity contribution is 0.464. The molecule has 1 aliphatic rings. The summed E-state index contributed by atoms with van der Waals surface area (Å²) in [5.41, 5.74) is 1.16. The SMILES string of the molecule is CC1N=C(N(C)C)NC(N(C)Cc2ccc[nH]2)=N1. The molecule has 98 valence electrons. The molecule has 0 aromatic carbocycles. The van der Waals surface area contributed by atoms with Gasteiger partial charge in [-0.1, -0.05) is 0 Å². The van der Waals surface area contributed by atoms with E-state index in [2.05, 4.69) is 31.3 Å². The van der Waals surface area contributed by atoms with Crippen molar-refractivity contribution in [2.75, 3.05) is 21.1 Å². The van der Waals surface area contributed by atoms with E-state index in [1.807, 2.05) is 45.2 Å². The minimum atomic E-state index is -0.0512. The van der Waals surface area contributed by atoms with Crippen molar-refractivity contribution in [3.8, 4) is 0 Å². The normalized spacial score (nSPS) is 18.8. The fourth-order valence-corrected chi connectivity index (χ4v) is 1.76. The lowest BCUT2D eigenvalue weighted by Crippen LogP contribution is -2.49. The lowest BCUT2D eigenvalue weighted by Gasteiger charge is -2.29. The molecule has 1 aromatic rings. The van der Waals surface area contributed by atoms with Gasteiger partial charge in [-0.15, -0.1) is 0 Å². The number of H-pyrrole nitrogens is 1. The fourth-order valence-electron chi connectivity index (χ4n) is 1.76. The van der Waals surface area contributed by atoms with Gasteiger partial charge in [-0.3, -0.25) is 5.32 Å². The maximum atomic E-state index is 4.50. The second kappa shape index (κ2) is 5.12. The number of hydrogen-bond acceptors (Lipinski definition) is 5. The average Bonchev–Trinajstić information content (AvgIpc) is 2.80. The van der Waals surface area contributed by atoms with Crippen molar-refractivity contribution >= 4 is 11.9 Å². The molecule has 1 unspecified atom stereocenters. The predicted molar refractivity (Wildman–Crippen MR) is 73.4 cm³/mol. The highest BCUT2D eigenvalue weighted by Crippen LogP contribution is 2.05. The Bertz CT molecular complexity index is 445. The van der Waals surface area contributed by atoms with Crippen molar-refractivity contribution in [2.24, 2.45) is 9.98 Å². The number of aromatic amines is 1. The number of hydrogen-bond donors (Lipinski definition) is 2. The summed E-state index contributed by atoms with van der Waals surface area (Å²) in [5, 5.41) is 3.23. The van der Waals surface area contributed by atoms with Gasteiger partial charge in [0.25, 0.3) is 0 Å². The van der Waals surface area contributed by atoms with Crippen molar-refractivity contribution < 1.29 is 0 Å². The van der Waals surface area contributed by atoms with Crippen LogP contribution in [-0.2, 0) is 6.54 Å². The Morgan fingerprint density at radius 1 is 1.22 bits per heavy atom. The van der Waals surface area contributed by atoms with Crippen LogP contribution in [0.4, 0.5) is 0 Å². The molecule has 0 amide bonds. The molecular formula is C12H20N6. The van der Waals surface area contributed by atoms with Gasteiger partial charge in [0.1, 0.15) is 6.17 Å². The first-order valence-corrected chi connectivity index (χ1v) is 5.99. The topological polar surface area (TPSA) is 59.0 Å². The molecule has 2 heterocycles. The van der Waals surface area contributed by atoms with E-state index in [-0.39, 0.29) is 6.17 Å². The zero-order valence-electron chi connectivity index (χ0n) is 11.3. The first-order valence-electron chi connectivity index (χ1n) is 5.99. The molecule has 0 fully saturated rings. The van der Waals surface area contributed by atoms with E-state index in [0.29, 0.717) is 0 Å². The summed E-state index contributed by atoms with van der Waals surface area (Å²) < 4.78 is 0. The van der Waals surface area contributed by atoms with Gasteiger partial charge in [0.15, 0.2) is 0 Å². The van der Waals surface area contributed by atoms with Crippen molar-refractivity contribution in [2.45, 2.75) is 19.6 Å². The molecule has 1 aliphatic heterocycles. The largest absolute Gasteiger partial charge is 0.364 e. The second-order valence-electron chi connectivity index (χ2n) is 4.61. The van der Waals surface area contributed by atoms with E-state index in [9.17, 15) is 0 Å². The Hall–Kier alpha value is -1.98. The van der Waals surface area contributed by atoms with Crippen LogP contribution in [0, 0.1) is 0 Å². The van der Waals surface area contributed by atoms with E-state index >= 15 is 0 Å². The number of aromatic nitrogens is 1. The molecule has 0 radical (unpaired) electrons. The third-order valence-electron chi connectivity index (χ3n) is 2.70. The van der Waals surface area contributed by atoms with Crippen LogP contribution < -0.4 is 5.32 Å². The van der Waals surface area contributed by atoms with E-state index in [4.69, 9.17) is 0 Å². The molecule has 0 spiro atoms. The first-order chi connectivity index (χ1) is 8.56. The smallest absolute Gasteiger partial charge is 0.203 e. The zero-order chi connectivity index (χ0) is 13.1. The number of rotatable bonds is 2. The number of guanidine groups is 2. The van der Waals surface area contributed by atoms with E-state index in [1.54, 1.807) is 0 Å². The van der Waals surface area contributed by atoms with Crippen LogP contribution >= 0.6 is 0 Å². The summed E-state index contributed by atoms with van der Waals surface area (Å²) >= 11 is 0. The quantitative estimate of drug-likeness (QED) is 0.808. The highest BCUT2D eigenvalue weighted by molar-refractivity contribution is 5.99. The molecule has 6 nitrogen and oxygen atoms in total. The molecule has 1 aromatic heterocycles. The van der Waals surface area contributed by atoms with Crippen LogP contribution in [0.2, 0.25) is 0 Å². The van der Waals surface area contributed by atoms with Gasteiger partial charge in [0, 0.05) is 33.0 Å². The maximum absolute atomic E-state index is 4.50. The van der Waals surface area contributed by atoms with Gasteiger partial charge >= 0.3 is 0 Å². The molecule has 18 heavy (non-hydrogen) atoms. The van der Waals surface area contributed by atoms with Crippen LogP contribution in [-0.4, -0.2) is 54.0 Å². The summed E-state index contributed by atoms with van der Waals surface area (Å²) in [6.07, 6.45) is 1.87. The Morgan fingerprint density at radius 2 is 1.94 bits per heavy atom. The van der Waals surface area contributed by atoms with E-state index in [0.717, 1.165) is 24.2 Å². The molecule has 2 rings (SSSR count).